The van der Waals surface area contributed by atoms with E-state index in [1.54, 1.807) is 17.2 Å². The Hall–Kier alpha value is -1.49. The minimum Gasteiger partial charge on any atom is -0.465 e. The molecular weight excluding hydrogens is 314 g/mol. The molecule has 5 nitrogen and oxygen atoms in total. The average Bonchev–Trinajstić information content (AvgIpc) is 3.04. The fourth-order valence-electron chi connectivity index (χ4n) is 4.19. The molecule has 2 heterocycles. The number of hydrogen-bond donors (Lipinski definition) is 2. The Morgan fingerprint density at radius 3 is 2.74 bits per heavy atom. The Kier molecular flexibility index (Phi) is 3.95. The van der Waals surface area contributed by atoms with Crippen LogP contribution < -0.4 is 5.32 Å². The first-order valence-corrected chi connectivity index (χ1v) is 8.44. The van der Waals surface area contributed by atoms with E-state index in [1.807, 2.05) is 6.07 Å². The lowest BCUT2D eigenvalue weighted by molar-refractivity contribution is 0.139. The van der Waals surface area contributed by atoms with Crippen molar-refractivity contribution in [3.05, 3.63) is 23.4 Å². The maximum Gasteiger partial charge on any atom is 0.407 e. The van der Waals surface area contributed by atoms with E-state index in [0.29, 0.717) is 24.0 Å². The van der Waals surface area contributed by atoms with Gasteiger partial charge >= 0.3 is 6.09 Å². The molecule has 2 fully saturated rings. The molecule has 1 aliphatic carbocycles. The first-order chi connectivity index (χ1) is 10.7. The van der Waals surface area contributed by atoms with Crippen molar-refractivity contribution in [2.75, 3.05) is 18.4 Å². The summed E-state index contributed by atoms with van der Waals surface area (Å²) in [5.74, 6) is 1.33. The Labute approximate surface area is 142 Å². The highest BCUT2D eigenvalue weighted by molar-refractivity contribution is 6.30. The van der Waals surface area contributed by atoms with Gasteiger partial charge in [-0.1, -0.05) is 32.4 Å². The number of pyridine rings is 1. The van der Waals surface area contributed by atoms with Crippen molar-refractivity contribution in [1.82, 2.24) is 9.88 Å². The molecule has 0 bridgehead atoms. The SMILES string of the molecule is CC(C)(C)C1CC12CC(CNc1ccc(Cl)cn1)N(C(=O)O)C2. The van der Waals surface area contributed by atoms with Crippen LogP contribution in [0.3, 0.4) is 0 Å². The number of likely N-dealkylation sites (tertiary alicyclic amines) is 1. The van der Waals surface area contributed by atoms with Crippen LogP contribution in [0.2, 0.25) is 5.02 Å². The highest BCUT2D eigenvalue weighted by Gasteiger charge is 2.64. The third-order valence-electron chi connectivity index (χ3n) is 5.30. The summed E-state index contributed by atoms with van der Waals surface area (Å²) < 4.78 is 0. The molecule has 2 aliphatic rings. The van der Waals surface area contributed by atoms with Gasteiger partial charge in [-0.25, -0.2) is 9.78 Å². The van der Waals surface area contributed by atoms with Crippen LogP contribution >= 0.6 is 11.6 Å². The van der Waals surface area contributed by atoms with Gasteiger partial charge in [-0.15, -0.1) is 0 Å². The van der Waals surface area contributed by atoms with Crippen molar-refractivity contribution in [1.29, 1.82) is 0 Å². The quantitative estimate of drug-likeness (QED) is 0.876. The van der Waals surface area contributed by atoms with E-state index in [0.717, 1.165) is 18.7 Å². The second kappa shape index (κ2) is 5.55. The summed E-state index contributed by atoms with van der Waals surface area (Å²) in [5.41, 5.74) is 0.417. The smallest absolute Gasteiger partial charge is 0.407 e. The number of amides is 1. The van der Waals surface area contributed by atoms with Gasteiger partial charge in [0, 0.05) is 19.3 Å². The van der Waals surface area contributed by atoms with E-state index in [4.69, 9.17) is 11.6 Å². The van der Waals surface area contributed by atoms with Crippen LogP contribution in [0, 0.1) is 16.7 Å². The molecule has 3 rings (SSSR count). The van der Waals surface area contributed by atoms with Gasteiger partial charge in [0.15, 0.2) is 0 Å². The number of anilines is 1. The van der Waals surface area contributed by atoms with Gasteiger partial charge in [0.25, 0.3) is 0 Å². The van der Waals surface area contributed by atoms with Crippen LogP contribution in [0.4, 0.5) is 10.6 Å². The summed E-state index contributed by atoms with van der Waals surface area (Å²) in [5, 5.41) is 13.4. The van der Waals surface area contributed by atoms with Gasteiger partial charge in [0.1, 0.15) is 5.82 Å². The van der Waals surface area contributed by atoms with Gasteiger partial charge in [-0.05, 0) is 41.7 Å². The molecule has 3 atom stereocenters. The van der Waals surface area contributed by atoms with Crippen LogP contribution in [0.25, 0.3) is 0 Å². The van der Waals surface area contributed by atoms with E-state index in [9.17, 15) is 9.90 Å². The fraction of sp³-hybridized carbons (Fsp3) is 0.647. The number of halogens is 1. The van der Waals surface area contributed by atoms with Gasteiger partial charge in [-0.2, -0.15) is 0 Å². The summed E-state index contributed by atoms with van der Waals surface area (Å²) in [6.45, 7) is 7.99. The minimum atomic E-state index is -0.822. The summed E-state index contributed by atoms with van der Waals surface area (Å²) in [6.07, 6.45) is 2.83. The maximum absolute atomic E-state index is 11.6. The molecule has 6 heteroatoms. The summed E-state index contributed by atoms with van der Waals surface area (Å²) >= 11 is 5.83. The molecule has 126 valence electrons. The molecular formula is C17H24ClN3O2. The minimum absolute atomic E-state index is 0.00247. The molecule has 1 amide bonds. The van der Waals surface area contributed by atoms with E-state index in [1.165, 1.54) is 0 Å². The van der Waals surface area contributed by atoms with E-state index >= 15 is 0 Å². The van der Waals surface area contributed by atoms with Crippen molar-refractivity contribution in [3.63, 3.8) is 0 Å². The number of nitrogens with one attached hydrogen (secondary N) is 1. The van der Waals surface area contributed by atoms with Crippen LogP contribution in [0.5, 0.6) is 0 Å². The van der Waals surface area contributed by atoms with Crippen molar-refractivity contribution < 1.29 is 9.90 Å². The van der Waals surface area contributed by atoms with Gasteiger partial charge in [-0.3, -0.25) is 0 Å². The molecule has 0 radical (unpaired) electrons. The predicted molar refractivity (Wildman–Crippen MR) is 90.9 cm³/mol. The Balaban J connectivity index is 1.66. The first-order valence-electron chi connectivity index (χ1n) is 8.06. The molecule has 0 aromatic carbocycles. The van der Waals surface area contributed by atoms with Gasteiger partial charge in [0.2, 0.25) is 0 Å². The standard InChI is InChI=1S/C17H24ClN3O2/c1-16(2,3)13-7-17(13)6-12(21(10-17)15(22)23)9-20-14-5-4-11(18)8-19-14/h4-5,8,12-13H,6-7,9-10H2,1-3H3,(H,19,20)(H,22,23). The molecule has 2 N–H and O–H groups in total. The number of rotatable bonds is 3. The molecule has 1 spiro atoms. The van der Waals surface area contributed by atoms with E-state index < -0.39 is 6.09 Å². The molecule has 23 heavy (non-hydrogen) atoms. The second-order valence-electron chi connectivity index (χ2n) is 8.00. The first kappa shape index (κ1) is 16.4. The van der Waals surface area contributed by atoms with Gasteiger partial charge < -0.3 is 15.3 Å². The topological polar surface area (TPSA) is 65.5 Å². The number of carbonyl (C=O) groups is 1. The molecule has 1 aromatic rings. The number of nitrogens with zero attached hydrogens (tertiary/aromatic N) is 2. The summed E-state index contributed by atoms with van der Waals surface area (Å²) in [6, 6.07) is 3.59. The average molecular weight is 338 g/mol. The van der Waals surface area contributed by atoms with E-state index in [-0.39, 0.29) is 16.9 Å². The Morgan fingerprint density at radius 2 is 2.22 bits per heavy atom. The molecule has 3 unspecified atom stereocenters. The van der Waals surface area contributed by atoms with Crippen LogP contribution in [0.1, 0.15) is 33.6 Å². The lowest BCUT2D eigenvalue weighted by Crippen LogP contribution is -2.38. The number of aromatic nitrogens is 1. The number of hydrogen-bond acceptors (Lipinski definition) is 3. The summed E-state index contributed by atoms with van der Waals surface area (Å²) in [4.78, 5) is 17.4. The van der Waals surface area contributed by atoms with Crippen LogP contribution in [0.15, 0.2) is 18.3 Å². The fourth-order valence-corrected chi connectivity index (χ4v) is 4.31. The maximum atomic E-state index is 11.6. The highest BCUT2D eigenvalue weighted by atomic mass is 35.5. The monoisotopic (exact) mass is 337 g/mol. The van der Waals surface area contributed by atoms with E-state index in [2.05, 4.69) is 31.1 Å². The van der Waals surface area contributed by atoms with Crippen molar-refractivity contribution in [2.45, 2.75) is 39.7 Å². The van der Waals surface area contributed by atoms with Crippen molar-refractivity contribution in [3.8, 4) is 0 Å². The third-order valence-corrected chi connectivity index (χ3v) is 5.52. The Morgan fingerprint density at radius 1 is 1.48 bits per heavy atom. The molecule has 1 aliphatic heterocycles. The zero-order valence-electron chi connectivity index (χ0n) is 13.8. The molecule has 1 saturated carbocycles. The summed E-state index contributed by atoms with van der Waals surface area (Å²) in [7, 11) is 0. The molecule has 1 saturated heterocycles. The van der Waals surface area contributed by atoms with Crippen molar-refractivity contribution in [2.24, 2.45) is 16.7 Å². The van der Waals surface area contributed by atoms with Gasteiger partial charge in [0.05, 0.1) is 11.1 Å². The lowest BCUT2D eigenvalue weighted by Gasteiger charge is -2.22. The van der Waals surface area contributed by atoms with Crippen molar-refractivity contribution >= 4 is 23.5 Å². The Bertz CT molecular complexity index is 599. The predicted octanol–water partition coefficient (Wildman–Crippen LogP) is 3.95. The number of carboxylic acid groups (broad SMARTS) is 1. The highest BCUT2D eigenvalue weighted by Crippen LogP contribution is 2.66. The third kappa shape index (κ3) is 3.25. The normalized spacial score (nSPS) is 29.8. The van der Waals surface area contributed by atoms with Crippen LogP contribution in [-0.4, -0.2) is 40.2 Å². The zero-order valence-corrected chi connectivity index (χ0v) is 14.6. The molecule has 1 aromatic heterocycles. The van der Waals surface area contributed by atoms with Crippen LogP contribution in [-0.2, 0) is 0 Å². The second-order valence-corrected chi connectivity index (χ2v) is 8.43. The largest absolute Gasteiger partial charge is 0.465 e. The zero-order chi connectivity index (χ0) is 16.8. The lowest BCUT2D eigenvalue weighted by atomic mass is 9.83.